The van der Waals surface area contributed by atoms with Crippen molar-refractivity contribution in [2.75, 3.05) is 31.6 Å². The quantitative estimate of drug-likeness (QED) is 0.898. The maximum absolute atomic E-state index is 12.8. The van der Waals surface area contributed by atoms with E-state index in [1.807, 2.05) is 49.4 Å². The number of carbonyl (C=O) groups excluding carboxylic acids is 2. The number of amides is 2. The summed E-state index contributed by atoms with van der Waals surface area (Å²) >= 11 is 0. The molecule has 0 bridgehead atoms. The Kier molecular flexibility index (Phi) is 6.02. The molecule has 2 aromatic rings. The summed E-state index contributed by atoms with van der Waals surface area (Å²) in [6.45, 7) is 4.23. The third-order valence-electron chi connectivity index (χ3n) is 4.64. The zero-order valence-electron chi connectivity index (χ0n) is 15.0. The summed E-state index contributed by atoms with van der Waals surface area (Å²) < 4.78 is 5.31. The van der Waals surface area contributed by atoms with Crippen LogP contribution in [0, 0.1) is 0 Å². The summed E-state index contributed by atoms with van der Waals surface area (Å²) in [6.07, 6.45) is 0.690. The van der Waals surface area contributed by atoms with Crippen molar-refractivity contribution < 1.29 is 14.3 Å². The fourth-order valence-corrected chi connectivity index (χ4v) is 3.19. The summed E-state index contributed by atoms with van der Waals surface area (Å²) in [6, 6.07) is 16.9. The molecule has 0 radical (unpaired) electrons. The Bertz CT molecular complexity index is 755. The second kappa shape index (κ2) is 8.63. The Hall–Kier alpha value is -2.66. The first kappa shape index (κ1) is 18.1. The van der Waals surface area contributed by atoms with E-state index in [0.717, 1.165) is 5.56 Å². The molecule has 2 aromatic carbocycles. The molecule has 136 valence electrons. The lowest BCUT2D eigenvalue weighted by atomic mass is 9.95. The average molecular weight is 352 g/mol. The lowest BCUT2D eigenvalue weighted by Gasteiger charge is -2.27. The van der Waals surface area contributed by atoms with E-state index in [1.165, 1.54) is 0 Å². The van der Waals surface area contributed by atoms with Crippen LogP contribution in [0.15, 0.2) is 54.6 Å². The molecular weight excluding hydrogens is 328 g/mol. The largest absolute Gasteiger partial charge is 0.378 e. The fourth-order valence-electron chi connectivity index (χ4n) is 3.19. The highest BCUT2D eigenvalue weighted by atomic mass is 16.5. The van der Waals surface area contributed by atoms with Crippen LogP contribution in [0.4, 0.5) is 5.69 Å². The van der Waals surface area contributed by atoms with Crippen molar-refractivity contribution in [3.8, 4) is 0 Å². The van der Waals surface area contributed by atoms with Gasteiger partial charge in [0.1, 0.15) is 0 Å². The Morgan fingerprint density at radius 1 is 1.04 bits per heavy atom. The molecule has 1 saturated heterocycles. The zero-order chi connectivity index (χ0) is 18.4. The van der Waals surface area contributed by atoms with Crippen molar-refractivity contribution in [3.63, 3.8) is 0 Å². The predicted octanol–water partition coefficient (Wildman–Crippen LogP) is 3.29. The van der Waals surface area contributed by atoms with Gasteiger partial charge < -0.3 is 15.0 Å². The first-order chi connectivity index (χ1) is 12.7. The lowest BCUT2D eigenvalue weighted by Crippen LogP contribution is -2.41. The normalized spacial score (nSPS) is 15.3. The molecule has 1 unspecified atom stereocenters. The van der Waals surface area contributed by atoms with E-state index < -0.39 is 0 Å². The van der Waals surface area contributed by atoms with Gasteiger partial charge in [0.2, 0.25) is 5.91 Å². The summed E-state index contributed by atoms with van der Waals surface area (Å²) in [5.41, 5.74) is 2.05. The lowest BCUT2D eigenvalue weighted by molar-refractivity contribution is -0.117. The van der Waals surface area contributed by atoms with Crippen LogP contribution >= 0.6 is 0 Å². The Labute approximate surface area is 154 Å². The number of para-hydroxylation sites is 1. The van der Waals surface area contributed by atoms with E-state index in [0.29, 0.717) is 44.0 Å². The summed E-state index contributed by atoms with van der Waals surface area (Å²) in [5.74, 6) is -0.416. The molecule has 1 heterocycles. The fraction of sp³-hybridized carbons (Fsp3) is 0.333. The number of ether oxygens (including phenoxy) is 1. The number of nitrogens with one attached hydrogen (secondary N) is 1. The van der Waals surface area contributed by atoms with Crippen LogP contribution in [0.5, 0.6) is 0 Å². The number of carbonyl (C=O) groups is 2. The minimum Gasteiger partial charge on any atom is -0.378 e. The molecule has 2 amide bonds. The van der Waals surface area contributed by atoms with Gasteiger partial charge >= 0.3 is 0 Å². The first-order valence-corrected chi connectivity index (χ1v) is 9.02. The third kappa shape index (κ3) is 4.11. The molecule has 5 nitrogen and oxygen atoms in total. The molecule has 0 saturated carbocycles. The maximum atomic E-state index is 12.8. The van der Waals surface area contributed by atoms with Crippen LogP contribution in [0.3, 0.4) is 0 Å². The van der Waals surface area contributed by atoms with Gasteiger partial charge in [-0.05, 0) is 24.1 Å². The Morgan fingerprint density at radius 2 is 1.69 bits per heavy atom. The van der Waals surface area contributed by atoms with Crippen molar-refractivity contribution in [1.29, 1.82) is 0 Å². The van der Waals surface area contributed by atoms with Crippen LogP contribution in [0.2, 0.25) is 0 Å². The van der Waals surface area contributed by atoms with Gasteiger partial charge in [-0.15, -0.1) is 0 Å². The van der Waals surface area contributed by atoms with Gasteiger partial charge in [-0.3, -0.25) is 9.59 Å². The van der Waals surface area contributed by atoms with Gasteiger partial charge in [0.15, 0.2) is 0 Å². The topological polar surface area (TPSA) is 58.6 Å². The van der Waals surface area contributed by atoms with Gasteiger partial charge in [0.05, 0.1) is 30.4 Å². The van der Waals surface area contributed by atoms with Crippen LogP contribution < -0.4 is 5.32 Å². The molecule has 1 aliphatic rings. The Balaban J connectivity index is 1.79. The molecule has 3 rings (SSSR count). The minimum absolute atomic E-state index is 0.0723. The third-order valence-corrected chi connectivity index (χ3v) is 4.64. The van der Waals surface area contributed by atoms with E-state index in [-0.39, 0.29) is 17.7 Å². The second-order valence-electron chi connectivity index (χ2n) is 6.31. The van der Waals surface area contributed by atoms with Gasteiger partial charge in [-0.2, -0.15) is 0 Å². The molecule has 0 aromatic heterocycles. The van der Waals surface area contributed by atoms with E-state index in [4.69, 9.17) is 4.74 Å². The van der Waals surface area contributed by atoms with Crippen LogP contribution in [0.25, 0.3) is 0 Å². The molecule has 1 N–H and O–H groups in total. The molecule has 0 aliphatic carbocycles. The molecule has 0 spiro atoms. The standard InChI is InChI=1S/C21H24N2O3/c1-2-17(16-8-4-3-5-9-16)20(24)22-19-11-7-6-10-18(19)21(25)23-12-14-26-15-13-23/h3-11,17H,2,12-15H2,1H3,(H,22,24). The average Bonchev–Trinajstić information content (AvgIpc) is 2.70. The number of morpholine rings is 1. The van der Waals surface area contributed by atoms with Gasteiger partial charge in [0, 0.05) is 13.1 Å². The predicted molar refractivity (Wildman–Crippen MR) is 101 cm³/mol. The second-order valence-corrected chi connectivity index (χ2v) is 6.31. The van der Waals surface area contributed by atoms with Gasteiger partial charge in [-0.1, -0.05) is 49.4 Å². The van der Waals surface area contributed by atoms with E-state index >= 15 is 0 Å². The maximum Gasteiger partial charge on any atom is 0.256 e. The molecule has 1 aliphatic heterocycles. The first-order valence-electron chi connectivity index (χ1n) is 9.02. The van der Waals surface area contributed by atoms with Crippen LogP contribution in [-0.2, 0) is 9.53 Å². The van der Waals surface area contributed by atoms with Gasteiger partial charge in [-0.25, -0.2) is 0 Å². The van der Waals surface area contributed by atoms with Crippen molar-refractivity contribution in [2.24, 2.45) is 0 Å². The Morgan fingerprint density at radius 3 is 2.38 bits per heavy atom. The van der Waals surface area contributed by atoms with Crippen molar-refractivity contribution >= 4 is 17.5 Å². The highest BCUT2D eigenvalue weighted by Crippen LogP contribution is 2.24. The number of anilines is 1. The number of hydrogen-bond acceptors (Lipinski definition) is 3. The highest BCUT2D eigenvalue weighted by Gasteiger charge is 2.24. The molecule has 5 heteroatoms. The number of hydrogen-bond donors (Lipinski definition) is 1. The summed E-state index contributed by atoms with van der Waals surface area (Å²) in [4.78, 5) is 27.4. The zero-order valence-corrected chi connectivity index (χ0v) is 15.0. The molecule has 1 atom stereocenters. The van der Waals surface area contributed by atoms with Crippen LogP contribution in [-0.4, -0.2) is 43.0 Å². The van der Waals surface area contributed by atoms with Gasteiger partial charge in [0.25, 0.3) is 5.91 Å². The highest BCUT2D eigenvalue weighted by molar-refractivity contribution is 6.05. The van der Waals surface area contributed by atoms with E-state index in [1.54, 1.807) is 17.0 Å². The van der Waals surface area contributed by atoms with Crippen LogP contribution in [0.1, 0.15) is 35.2 Å². The van der Waals surface area contributed by atoms with Crippen molar-refractivity contribution in [2.45, 2.75) is 19.3 Å². The van der Waals surface area contributed by atoms with E-state index in [2.05, 4.69) is 5.32 Å². The monoisotopic (exact) mass is 352 g/mol. The SMILES string of the molecule is CCC(C(=O)Nc1ccccc1C(=O)N1CCOCC1)c1ccccc1. The number of benzene rings is 2. The number of nitrogens with zero attached hydrogens (tertiary/aromatic N) is 1. The van der Waals surface area contributed by atoms with Crippen molar-refractivity contribution in [3.05, 3.63) is 65.7 Å². The molecular formula is C21H24N2O3. The molecule has 1 fully saturated rings. The summed E-state index contributed by atoms with van der Waals surface area (Å²) in [5, 5.41) is 2.96. The molecule has 26 heavy (non-hydrogen) atoms. The summed E-state index contributed by atoms with van der Waals surface area (Å²) in [7, 11) is 0. The van der Waals surface area contributed by atoms with Crippen molar-refractivity contribution in [1.82, 2.24) is 4.90 Å². The smallest absolute Gasteiger partial charge is 0.256 e. The number of rotatable bonds is 5. The minimum atomic E-state index is -0.247. The van der Waals surface area contributed by atoms with E-state index in [9.17, 15) is 9.59 Å².